The molecule has 1 amide bonds. The fourth-order valence-electron chi connectivity index (χ4n) is 2.74. The number of fused-ring (bicyclic) bond motifs is 1. The zero-order valence-electron chi connectivity index (χ0n) is 13.0. The normalized spacial score (nSPS) is 13.9. The second-order valence-electron chi connectivity index (χ2n) is 5.69. The lowest BCUT2D eigenvalue weighted by atomic mass is 10.1. The van der Waals surface area contributed by atoms with Crippen LogP contribution in [0.2, 0.25) is 0 Å². The highest BCUT2D eigenvalue weighted by molar-refractivity contribution is 7.07. The molecule has 120 valence electrons. The Morgan fingerprint density at radius 2 is 1.96 bits per heavy atom. The van der Waals surface area contributed by atoms with Crippen molar-refractivity contribution in [2.45, 2.75) is 19.8 Å². The van der Waals surface area contributed by atoms with Crippen LogP contribution in [0.4, 0.5) is 0 Å². The van der Waals surface area contributed by atoms with Crippen LogP contribution in [-0.2, 0) is 24.5 Å². The lowest BCUT2D eigenvalue weighted by Gasteiger charge is -2.03. The van der Waals surface area contributed by atoms with Crippen molar-refractivity contribution in [2.75, 3.05) is 0 Å². The maximum absolute atomic E-state index is 12.5. The quantitative estimate of drug-likeness (QED) is 0.736. The molecule has 4 nitrogen and oxygen atoms in total. The van der Waals surface area contributed by atoms with Crippen molar-refractivity contribution in [3.63, 3.8) is 0 Å². The van der Waals surface area contributed by atoms with Gasteiger partial charge >= 0.3 is 0 Å². The highest BCUT2D eigenvalue weighted by Gasteiger charge is 2.14. The van der Waals surface area contributed by atoms with E-state index in [1.165, 1.54) is 16.9 Å². The van der Waals surface area contributed by atoms with Crippen molar-refractivity contribution >= 4 is 17.2 Å². The van der Waals surface area contributed by atoms with E-state index >= 15 is 0 Å². The van der Waals surface area contributed by atoms with Crippen molar-refractivity contribution in [3.05, 3.63) is 87.2 Å². The molecule has 0 bridgehead atoms. The number of aromatic nitrogens is 1. The molecule has 1 aliphatic heterocycles. The van der Waals surface area contributed by atoms with Gasteiger partial charge in [-0.2, -0.15) is 4.99 Å². The Hall–Kier alpha value is -2.50. The molecule has 0 radical (unpaired) electrons. The van der Waals surface area contributed by atoms with Gasteiger partial charge in [-0.05, 0) is 28.8 Å². The number of rotatable bonds is 3. The van der Waals surface area contributed by atoms with E-state index in [4.69, 9.17) is 4.74 Å². The maximum atomic E-state index is 12.5. The molecule has 4 rings (SSSR count). The highest BCUT2D eigenvalue weighted by Crippen LogP contribution is 2.21. The summed E-state index contributed by atoms with van der Waals surface area (Å²) in [7, 11) is 0. The van der Waals surface area contributed by atoms with Gasteiger partial charge in [0.2, 0.25) is 0 Å². The summed E-state index contributed by atoms with van der Waals surface area (Å²) < 4.78 is 7.39. The third kappa shape index (κ3) is 3.09. The number of thiazole rings is 1. The standard InChI is InChI=1S/C19H16N2O2S/c22-18(15-6-7-16-12-23-13-17(16)10-15)20-19-21(8-9-24-19)11-14-4-2-1-3-5-14/h1-10H,11-13H2. The number of carbonyl (C=O) groups excluding carboxylic acids is 1. The minimum Gasteiger partial charge on any atom is -0.372 e. The summed E-state index contributed by atoms with van der Waals surface area (Å²) in [5, 5.41) is 1.95. The Balaban J connectivity index is 1.62. The predicted molar refractivity (Wildman–Crippen MR) is 92.7 cm³/mol. The van der Waals surface area contributed by atoms with E-state index in [0.29, 0.717) is 30.1 Å². The van der Waals surface area contributed by atoms with E-state index in [1.54, 1.807) is 0 Å². The van der Waals surface area contributed by atoms with Crippen LogP contribution in [0.5, 0.6) is 0 Å². The highest BCUT2D eigenvalue weighted by atomic mass is 32.1. The first-order valence-electron chi connectivity index (χ1n) is 7.76. The molecular formula is C19H16N2O2S. The second kappa shape index (κ2) is 6.55. The Kier molecular flexibility index (Phi) is 4.11. The van der Waals surface area contributed by atoms with Crippen LogP contribution in [0.1, 0.15) is 27.0 Å². The summed E-state index contributed by atoms with van der Waals surface area (Å²) in [5.41, 5.74) is 4.03. The van der Waals surface area contributed by atoms with Crippen molar-refractivity contribution in [1.82, 2.24) is 4.57 Å². The molecular weight excluding hydrogens is 320 g/mol. The van der Waals surface area contributed by atoms with Crippen LogP contribution in [0.25, 0.3) is 0 Å². The molecule has 0 saturated carbocycles. The molecule has 1 aromatic heterocycles. The number of nitrogens with zero attached hydrogens (tertiary/aromatic N) is 2. The second-order valence-corrected chi connectivity index (χ2v) is 6.57. The molecule has 0 N–H and O–H groups in total. The smallest absolute Gasteiger partial charge is 0.279 e. The van der Waals surface area contributed by atoms with Gasteiger partial charge < -0.3 is 9.30 Å². The number of amides is 1. The van der Waals surface area contributed by atoms with Gasteiger partial charge in [-0.3, -0.25) is 4.79 Å². The number of benzene rings is 2. The fourth-order valence-corrected chi connectivity index (χ4v) is 3.47. The van der Waals surface area contributed by atoms with Gasteiger partial charge in [-0.15, -0.1) is 11.3 Å². The van der Waals surface area contributed by atoms with Crippen molar-refractivity contribution < 1.29 is 9.53 Å². The lowest BCUT2D eigenvalue weighted by Crippen LogP contribution is -2.17. The van der Waals surface area contributed by atoms with Gasteiger partial charge in [0, 0.05) is 23.7 Å². The zero-order valence-corrected chi connectivity index (χ0v) is 13.8. The van der Waals surface area contributed by atoms with Gasteiger partial charge in [0.25, 0.3) is 5.91 Å². The maximum Gasteiger partial charge on any atom is 0.279 e. The molecule has 1 aliphatic rings. The molecule has 2 heterocycles. The SMILES string of the molecule is O=C(N=c1sccn1Cc1ccccc1)c1ccc2c(c1)COC2. The summed E-state index contributed by atoms with van der Waals surface area (Å²) in [4.78, 5) is 17.5. The topological polar surface area (TPSA) is 43.6 Å². The van der Waals surface area contributed by atoms with E-state index in [1.807, 2.05) is 52.5 Å². The van der Waals surface area contributed by atoms with Crippen LogP contribution < -0.4 is 4.80 Å². The van der Waals surface area contributed by atoms with E-state index in [-0.39, 0.29) is 5.91 Å². The largest absolute Gasteiger partial charge is 0.372 e. The predicted octanol–water partition coefficient (Wildman–Crippen LogP) is 3.37. The van der Waals surface area contributed by atoms with E-state index in [2.05, 4.69) is 17.1 Å². The molecule has 24 heavy (non-hydrogen) atoms. The minimum absolute atomic E-state index is 0.214. The van der Waals surface area contributed by atoms with Crippen molar-refractivity contribution in [3.8, 4) is 0 Å². The van der Waals surface area contributed by atoms with Crippen molar-refractivity contribution in [1.29, 1.82) is 0 Å². The molecule has 3 aromatic rings. The zero-order chi connectivity index (χ0) is 16.4. The third-order valence-corrected chi connectivity index (χ3v) is 4.82. The fraction of sp³-hybridized carbons (Fsp3) is 0.158. The third-order valence-electron chi connectivity index (χ3n) is 4.02. The summed E-state index contributed by atoms with van der Waals surface area (Å²) in [6, 6.07) is 15.8. The van der Waals surface area contributed by atoms with Crippen molar-refractivity contribution in [2.24, 2.45) is 4.99 Å². The van der Waals surface area contributed by atoms with Crippen LogP contribution in [0.15, 0.2) is 65.1 Å². The first kappa shape index (κ1) is 15.1. The average Bonchev–Trinajstić information content (AvgIpc) is 3.24. The summed E-state index contributed by atoms with van der Waals surface area (Å²) in [5.74, 6) is -0.214. The Bertz CT molecular complexity index is 941. The monoisotopic (exact) mass is 336 g/mol. The number of carbonyl (C=O) groups is 1. The van der Waals surface area contributed by atoms with E-state index in [0.717, 1.165) is 11.1 Å². The van der Waals surface area contributed by atoms with Crippen LogP contribution in [0.3, 0.4) is 0 Å². The molecule has 0 spiro atoms. The minimum atomic E-state index is -0.214. The molecule has 0 fully saturated rings. The van der Waals surface area contributed by atoms with E-state index < -0.39 is 0 Å². The van der Waals surface area contributed by atoms with Crippen LogP contribution in [-0.4, -0.2) is 10.5 Å². The van der Waals surface area contributed by atoms with Gasteiger partial charge in [0.15, 0.2) is 4.80 Å². The van der Waals surface area contributed by atoms with Gasteiger partial charge in [-0.25, -0.2) is 0 Å². The summed E-state index contributed by atoms with van der Waals surface area (Å²) in [6.07, 6.45) is 1.96. The number of hydrogen-bond acceptors (Lipinski definition) is 3. The summed E-state index contributed by atoms with van der Waals surface area (Å²) >= 11 is 1.47. The summed E-state index contributed by atoms with van der Waals surface area (Å²) in [6.45, 7) is 1.90. The first-order chi connectivity index (χ1) is 11.8. The number of hydrogen-bond donors (Lipinski definition) is 0. The molecule has 0 aliphatic carbocycles. The Morgan fingerprint density at radius 3 is 2.83 bits per heavy atom. The van der Waals surface area contributed by atoms with Crippen LogP contribution in [0, 0.1) is 0 Å². The first-order valence-corrected chi connectivity index (χ1v) is 8.64. The molecule has 0 unspecified atom stereocenters. The van der Waals surface area contributed by atoms with E-state index in [9.17, 15) is 4.79 Å². The lowest BCUT2D eigenvalue weighted by molar-refractivity contribution is 0.0997. The molecule has 0 saturated heterocycles. The average molecular weight is 336 g/mol. The number of ether oxygens (including phenoxy) is 1. The van der Waals surface area contributed by atoms with Gasteiger partial charge in [0.1, 0.15) is 0 Å². The van der Waals surface area contributed by atoms with Gasteiger partial charge in [0.05, 0.1) is 13.2 Å². The Labute approximate surface area is 143 Å². The molecule has 0 atom stereocenters. The molecule has 5 heteroatoms. The molecule has 2 aromatic carbocycles. The Morgan fingerprint density at radius 1 is 1.12 bits per heavy atom. The van der Waals surface area contributed by atoms with Gasteiger partial charge in [-0.1, -0.05) is 36.4 Å². The van der Waals surface area contributed by atoms with Crippen LogP contribution >= 0.6 is 11.3 Å².